The van der Waals surface area contributed by atoms with E-state index in [-0.39, 0.29) is 34.4 Å². The molecule has 7 fully saturated rings. The van der Waals surface area contributed by atoms with Crippen LogP contribution in [0.2, 0.25) is 0 Å². The van der Waals surface area contributed by atoms with Crippen molar-refractivity contribution in [3.63, 3.8) is 0 Å². The topological polar surface area (TPSA) is 79.2 Å². The van der Waals surface area contributed by atoms with E-state index in [1.165, 1.54) is 38.5 Å². The Morgan fingerprint density at radius 2 is 1.43 bits per heavy atom. The molecule has 198 valence electrons. The molecular formula is C30H48O5. The van der Waals surface area contributed by atoms with Gasteiger partial charge in [-0.2, -0.15) is 0 Å². The van der Waals surface area contributed by atoms with Crippen molar-refractivity contribution in [3.8, 4) is 0 Å². The first-order valence-electron chi connectivity index (χ1n) is 14.5. The van der Waals surface area contributed by atoms with E-state index in [4.69, 9.17) is 9.47 Å². The van der Waals surface area contributed by atoms with Crippen LogP contribution >= 0.6 is 0 Å². The second kappa shape index (κ2) is 6.33. The lowest BCUT2D eigenvalue weighted by molar-refractivity contribution is -0.327. The smallest absolute Gasteiger partial charge is 0.222 e. The lowest BCUT2D eigenvalue weighted by Gasteiger charge is -2.63. The van der Waals surface area contributed by atoms with Crippen molar-refractivity contribution < 1.29 is 24.8 Å². The van der Waals surface area contributed by atoms with Crippen LogP contribution in [0, 0.1) is 50.7 Å². The molecule has 2 aliphatic heterocycles. The minimum atomic E-state index is -1.62. The molecule has 13 atom stereocenters. The SMILES string of the molecule is CC1C2OC(C)(C)C(O)C2(O)OC2CC3(C)C4CCC5C(C)(C)C(O)CCC56CC46CCC3(C)C21. The summed E-state index contributed by atoms with van der Waals surface area (Å²) in [6, 6.07) is 0. The van der Waals surface area contributed by atoms with Crippen molar-refractivity contribution in [1.82, 2.24) is 0 Å². The third kappa shape index (κ3) is 2.34. The predicted octanol–water partition coefficient (Wildman–Crippen LogP) is 4.66. The van der Waals surface area contributed by atoms with Crippen molar-refractivity contribution in [2.75, 3.05) is 0 Å². The van der Waals surface area contributed by atoms with E-state index in [9.17, 15) is 15.3 Å². The second-order valence-electron chi connectivity index (χ2n) is 15.9. The summed E-state index contributed by atoms with van der Waals surface area (Å²) in [4.78, 5) is 0. The van der Waals surface area contributed by atoms with E-state index in [0.29, 0.717) is 28.6 Å². The third-order valence-corrected chi connectivity index (χ3v) is 14.4. The van der Waals surface area contributed by atoms with Gasteiger partial charge in [0.05, 0.1) is 17.8 Å². The zero-order chi connectivity index (χ0) is 25.2. The minimum Gasteiger partial charge on any atom is -0.393 e. The van der Waals surface area contributed by atoms with Gasteiger partial charge in [-0.05, 0) is 116 Å². The van der Waals surface area contributed by atoms with E-state index < -0.39 is 23.6 Å². The zero-order valence-corrected chi connectivity index (χ0v) is 22.9. The first-order valence-corrected chi connectivity index (χ1v) is 14.5. The van der Waals surface area contributed by atoms with Crippen LogP contribution in [-0.2, 0) is 9.47 Å². The Morgan fingerprint density at radius 3 is 2.14 bits per heavy atom. The lowest BCUT2D eigenvalue weighted by Crippen LogP contribution is -2.63. The number of aliphatic hydroxyl groups excluding tert-OH is 2. The third-order valence-electron chi connectivity index (χ3n) is 14.4. The van der Waals surface area contributed by atoms with Gasteiger partial charge in [0, 0.05) is 0 Å². The van der Waals surface area contributed by atoms with Gasteiger partial charge in [0.15, 0.2) is 0 Å². The molecule has 0 amide bonds. The van der Waals surface area contributed by atoms with Gasteiger partial charge >= 0.3 is 0 Å². The van der Waals surface area contributed by atoms with Crippen molar-refractivity contribution in [1.29, 1.82) is 0 Å². The fourth-order valence-corrected chi connectivity index (χ4v) is 12.6. The van der Waals surface area contributed by atoms with Crippen molar-refractivity contribution in [2.24, 2.45) is 50.7 Å². The Balaban J connectivity index is 1.26. The summed E-state index contributed by atoms with van der Waals surface area (Å²) >= 11 is 0. The van der Waals surface area contributed by atoms with Gasteiger partial charge in [0.25, 0.3) is 0 Å². The molecule has 3 N–H and O–H groups in total. The summed E-state index contributed by atoms with van der Waals surface area (Å²) < 4.78 is 12.9. The molecule has 0 aromatic heterocycles. The summed E-state index contributed by atoms with van der Waals surface area (Å²) in [6.45, 7) is 15.7. The summed E-state index contributed by atoms with van der Waals surface area (Å²) in [6.07, 6.45) is 7.72. The highest BCUT2D eigenvalue weighted by molar-refractivity contribution is 5.32. The summed E-state index contributed by atoms with van der Waals surface area (Å²) in [5.41, 5.74) is 0.319. The van der Waals surface area contributed by atoms with E-state index in [1.54, 1.807) is 0 Å². The molecule has 35 heavy (non-hydrogen) atoms. The molecule has 0 aromatic carbocycles. The van der Waals surface area contributed by atoms with Gasteiger partial charge < -0.3 is 24.8 Å². The van der Waals surface area contributed by atoms with Crippen LogP contribution in [-0.4, -0.2) is 51.1 Å². The van der Waals surface area contributed by atoms with Crippen LogP contribution in [0.4, 0.5) is 0 Å². The number of fused-ring (bicyclic) bond motifs is 5. The molecule has 7 rings (SSSR count). The van der Waals surface area contributed by atoms with Crippen molar-refractivity contribution in [3.05, 3.63) is 0 Å². The van der Waals surface area contributed by atoms with Crippen LogP contribution < -0.4 is 0 Å². The zero-order valence-electron chi connectivity index (χ0n) is 22.9. The van der Waals surface area contributed by atoms with E-state index in [2.05, 4.69) is 34.6 Å². The molecule has 2 spiro atoms. The Bertz CT molecular complexity index is 962. The van der Waals surface area contributed by atoms with E-state index in [0.717, 1.165) is 12.8 Å². The Kier molecular flexibility index (Phi) is 4.32. The number of aliphatic hydroxyl groups is 3. The van der Waals surface area contributed by atoms with Gasteiger partial charge in [-0.15, -0.1) is 0 Å². The van der Waals surface area contributed by atoms with Crippen molar-refractivity contribution in [2.45, 2.75) is 136 Å². The molecule has 13 unspecified atom stereocenters. The van der Waals surface area contributed by atoms with E-state index in [1.807, 2.05) is 13.8 Å². The summed E-state index contributed by atoms with van der Waals surface area (Å²) in [7, 11) is 0. The van der Waals surface area contributed by atoms with Gasteiger partial charge in [-0.25, -0.2) is 0 Å². The van der Waals surface area contributed by atoms with Crippen LogP contribution in [0.5, 0.6) is 0 Å². The van der Waals surface area contributed by atoms with Gasteiger partial charge in [0.1, 0.15) is 12.2 Å². The Morgan fingerprint density at radius 1 is 0.771 bits per heavy atom. The highest BCUT2D eigenvalue weighted by Crippen LogP contribution is 2.89. The quantitative estimate of drug-likeness (QED) is 0.462. The van der Waals surface area contributed by atoms with Crippen LogP contribution in [0.1, 0.15) is 99.8 Å². The van der Waals surface area contributed by atoms with Gasteiger partial charge in [-0.1, -0.05) is 34.6 Å². The average molecular weight is 489 g/mol. The van der Waals surface area contributed by atoms with Crippen LogP contribution in [0.15, 0.2) is 0 Å². The van der Waals surface area contributed by atoms with Crippen molar-refractivity contribution >= 4 is 0 Å². The number of rotatable bonds is 0. The molecule has 5 heteroatoms. The molecule has 0 radical (unpaired) electrons. The highest BCUT2D eigenvalue weighted by atomic mass is 16.7. The van der Waals surface area contributed by atoms with Gasteiger partial charge in [-0.3, -0.25) is 0 Å². The molecule has 0 aromatic rings. The molecule has 5 nitrogen and oxygen atoms in total. The first-order chi connectivity index (χ1) is 16.1. The monoisotopic (exact) mass is 488 g/mol. The second-order valence-corrected chi connectivity index (χ2v) is 15.9. The fraction of sp³-hybridized carbons (Fsp3) is 1.00. The normalized spacial score (nSPS) is 65.3. The standard InChI is InChI=1S/C30H48O5/c1-16-21-17(34-30(33)22(16)35-25(4,5)23(30)32)14-27(7)19-9-8-18-24(2,3)20(31)10-11-28(18)15-29(19,28)13-12-26(21,27)6/h16-23,31-33H,8-15H2,1-7H3. The maximum atomic E-state index is 11.6. The van der Waals surface area contributed by atoms with Gasteiger partial charge in [0.2, 0.25) is 5.79 Å². The van der Waals surface area contributed by atoms with E-state index >= 15 is 0 Å². The number of hydrogen-bond acceptors (Lipinski definition) is 5. The largest absolute Gasteiger partial charge is 0.393 e. The molecule has 5 saturated carbocycles. The number of hydrogen-bond donors (Lipinski definition) is 3. The molecule has 2 saturated heterocycles. The molecular weight excluding hydrogens is 440 g/mol. The fourth-order valence-electron chi connectivity index (χ4n) is 12.6. The maximum absolute atomic E-state index is 11.6. The lowest BCUT2D eigenvalue weighted by atomic mass is 9.41. The molecule has 5 aliphatic carbocycles. The molecule has 7 aliphatic rings. The maximum Gasteiger partial charge on any atom is 0.222 e. The molecule has 2 heterocycles. The first kappa shape index (κ1) is 23.9. The predicted molar refractivity (Wildman–Crippen MR) is 132 cm³/mol. The van der Waals surface area contributed by atoms with Crippen LogP contribution in [0.3, 0.4) is 0 Å². The Hall–Kier alpha value is -0.200. The minimum absolute atomic E-state index is 0.0106. The molecule has 0 bridgehead atoms. The Labute approximate surface area is 211 Å². The summed E-state index contributed by atoms with van der Waals surface area (Å²) in [5.74, 6) is 0.142. The summed E-state index contributed by atoms with van der Waals surface area (Å²) in [5, 5.41) is 33.6. The number of ether oxygens (including phenoxy) is 2. The highest BCUT2D eigenvalue weighted by Gasteiger charge is 2.84. The average Bonchev–Trinajstić information content (AvgIpc) is 3.32. The van der Waals surface area contributed by atoms with Crippen LogP contribution in [0.25, 0.3) is 0 Å².